The summed E-state index contributed by atoms with van der Waals surface area (Å²) in [6.07, 6.45) is 2.74. The van der Waals surface area contributed by atoms with Crippen molar-refractivity contribution < 1.29 is 13.9 Å². The molecule has 36 heavy (non-hydrogen) atoms. The molecule has 0 aliphatic carbocycles. The zero-order chi connectivity index (χ0) is 25.2. The van der Waals surface area contributed by atoms with Crippen LogP contribution in [0.25, 0.3) is 11.0 Å². The van der Waals surface area contributed by atoms with Gasteiger partial charge in [0, 0.05) is 6.54 Å². The van der Waals surface area contributed by atoms with E-state index >= 15 is 0 Å². The molecule has 0 N–H and O–H groups in total. The zero-order valence-corrected chi connectivity index (χ0v) is 21.0. The first-order valence-electron chi connectivity index (χ1n) is 12.6. The molecular weight excluding hydrogens is 450 g/mol. The Morgan fingerprint density at radius 2 is 1.67 bits per heavy atom. The van der Waals surface area contributed by atoms with Crippen molar-refractivity contribution in [3.05, 3.63) is 111 Å². The normalized spacial score (nSPS) is 14.9. The van der Waals surface area contributed by atoms with E-state index in [0.29, 0.717) is 36.1 Å². The molecular formula is C31H31NO4. The maximum absolute atomic E-state index is 13.8. The molecule has 1 aliphatic heterocycles. The molecule has 1 amide bonds. The van der Waals surface area contributed by atoms with Crippen molar-refractivity contribution in [1.29, 1.82) is 0 Å². The standard InChI is InChI=1S/C31H31NO4/c1-4-5-17-35-24-13-11-23(12-14-24)28-27-29(33)25-18-20(2)21(3)19-26(25)36-30(27)31(34)32(28)16-15-22-9-7-6-8-10-22/h6-14,18-19,28H,4-5,15-17H2,1-3H3. The van der Waals surface area contributed by atoms with Crippen LogP contribution in [0.2, 0.25) is 0 Å². The molecule has 3 aromatic carbocycles. The van der Waals surface area contributed by atoms with E-state index in [0.717, 1.165) is 40.8 Å². The molecule has 0 saturated heterocycles. The van der Waals surface area contributed by atoms with Crippen LogP contribution >= 0.6 is 0 Å². The second-order valence-corrected chi connectivity index (χ2v) is 9.51. The summed E-state index contributed by atoms with van der Waals surface area (Å²) in [5.41, 5.74) is 4.78. The SMILES string of the molecule is CCCCOc1ccc(C2c3c(oc4cc(C)c(C)cc4c3=O)C(=O)N2CCc2ccccc2)cc1. The molecule has 5 rings (SSSR count). The lowest BCUT2D eigenvalue weighted by Crippen LogP contribution is -2.31. The van der Waals surface area contributed by atoms with Crippen molar-refractivity contribution in [3.8, 4) is 5.75 Å². The largest absolute Gasteiger partial charge is 0.494 e. The van der Waals surface area contributed by atoms with Crippen LogP contribution < -0.4 is 10.2 Å². The number of hydrogen-bond donors (Lipinski definition) is 0. The highest BCUT2D eigenvalue weighted by molar-refractivity contribution is 5.99. The minimum Gasteiger partial charge on any atom is -0.494 e. The van der Waals surface area contributed by atoms with Gasteiger partial charge in [0.1, 0.15) is 11.3 Å². The highest BCUT2D eigenvalue weighted by Crippen LogP contribution is 2.39. The molecule has 5 nitrogen and oxygen atoms in total. The van der Waals surface area contributed by atoms with Gasteiger partial charge < -0.3 is 14.1 Å². The number of rotatable bonds is 8. The van der Waals surface area contributed by atoms with Gasteiger partial charge in [-0.3, -0.25) is 9.59 Å². The zero-order valence-electron chi connectivity index (χ0n) is 21.0. The van der Waals surface area contributed by atoms with Gasteiger partial charge in [0.25, 0.3) is 5.91 Å². The summed E-state index contributed by atoms with van der Waals surface area (Å²) < 4.78 is 12.0. The van der Waals surface area contributed by atoms with Crippen LogP contribution in [0, 0.1) is 13.8 Å². The third kappa shape index (κ3) is 4.41. The fourth-order valence-electron chi connectivity index (χ4n) is 4.83. The average molecular weight is 482 g/mol. The molecule has 0 spiro atoms. The quantitative estimate of drug-likeness (QED) is 0.274. The van der Waals surface area contributed by atoms with Crippen molar-refractivity contribution >= 4 is 16.9 Å². The second-order valence-electron chi connectivity index (χ2n) is 9.51. The minimum absolute atomic E-state index is 0.141. The molecule has 1 aliphatic rings. The van der Waals surface area contributed by atoms with Crippen LogP contribution in [0.3, 0.4) is 0 Å². The van der Waals surface area contributed by atoms with Gasteiger partial charge in [-0.1, -0.05) is 55.8 Å². The van der Waals surface area contributed by atoms with E-state index in [2.05, 4.69) is 6.92 Å². The van der Waals surface area contributed by atoms with Crippen molar-refractivity contribution in [3.63, 3.8) is 0 Å². The third-order valence-electron chi connectivity index (χ3n) is 7.03. The number of unbranched alkanes of at least 4 members (excludes halogenated alkanes) is 1. The van der Waals surface area contributed by atoms with Gasteiger partial charge in [0.2, 0.25) is 5.76 Å². The Bertz CT molecular complexity index is 1450. The summed E-state index contributed by atoms with van der Waals surface area (Å²) in [4.78, 5) is 29.2. The maximum atomic E-state index is 13.8. The molecule has 4 aromatic rings. The van der Waals surface area contributed by atoms with Crippen molar-refractivity contribution in [2.24, 2.45) is 0 Å². The van der Waals surface area contributed by atoms with E-state index in [1.807, 2.05) is 80.6 Å². The Hall–Kier alpha value is -3.86. The summed E-state index contributed by atoms with van der Waals surface area (Å²) in [6.45, 7) is 7.22. The number of amides is 1. The van der Waals surface area contributed by atoms with Gasteiger partial charge >= 0.3 is 0 Å². The van der Waals surface area contributed by atoms with Crippen LogP contribution in [-0.2, 0) is 6.42 Å². The molecule has 1 atom stereocenters. The van der Waals surface area contributed by atoms with Crippen molar-refractivity contribution in [2.45, 2.75) is 46.1 Å². The number of hydrogen-bond acceptors (Lipinski definition) is 4. The highest BCUT2D eigenvalue weighted by atomic mass is 16.5. The first kappa shape index (κ1) is 23.9. The number of fused-ring (bicyclic) bond motifs is 2. The lowest BCUT2D eigenvalue weighted by molar-refractivity contribution is 0.0730. The Kier molecular flexibility index (Phi) is 6.64. The molecule has 184 valence electrons. The Labute approximate surface area is 211 Å². The van der Waals surface area contributed by atoms with Crippen LogP contribution in [-0.4, -0.2) is 24.0 Å². The van der Waals surface area contributed by atoms with Crippen molar-refractivity contribution in [2.75, 3.05) is 13.2 Å². The first-order chi connectivity index (χ1) is 17.5. The first-order valence-corrected chi connectivity index (χ1v) is 12.6. The molecule has 0 radical (unpaired) electrons. The Balaban J connectivity index is 1.58. The molecule has 2 heterocycles. The average Bonchev–Trinajstić information content (AvgIpc) is 3.17. The van der Waals surface area contributed by atoms with Gasteiger partial charge in [-0.2, -0.15) is 0 Å². The molecule has 5 heteroatoms. The summed E-state index contributed by atoms with van der Waals surface area (Å²) in [5, 5.41) is 0.513. The number of aryl methyl sites for hydroxylation is 2. The minimum atomic E-state index is -0.511. The highest BCUT2D eigenvalue weighted by Gasteiger charge is 2.42. The van der Waals surface area contributed by atoms with E-state index in [4.69, 9.17) is 9.15 Å². The topological polar surface area (TPSA) is 59.8 Å². The van der Waals surface area contributed by atoms with E-state index in [9.17, 15) is 9.59 Å². The molecule has 1 aromatic heterocycles. The van der Waals surface area contributed by atoms with Gasteiger partial charge in [-0.15, -0.1) is 0 Å². The number of carbonyl (C=O) groups is 1. The summed E-state index contributed by atoms with van der Waals surface area (Å²) >= 11 is 0. The van der Waals surface area contributed by atoms with E-state index < -0.39 is 6.04 Å². The fourth-order valence-corrected chi connectivity index (χ4v) is 4.83. The number of ether oxygens (including phenoxy) is 1. The molecule has 0 bridgehead atoms. The van der Waals surface area contributed by atoms with Gasteiger partial charge in [-0.25, -0.2) is 0 Å². The lowest BCUT2D eigenvalue weighted by atomic mass is 9.97. The number of carbonyl (C=O) groups excluding carboxylic acids is 1. The Morgan fingerprint density at radius 3 is 2.39 bits per heavy atom. The number of nitrogens with zero attached hydrogens (tertiary/aromatic N) is 1. The maximum Gasteiger partial charge on any atom is 0.290 e. The van der Waals surface area contributed by atoms with Gasteiger partial charge in [0.15, 0.2) is 5.43 Å². The third-order valence-corrected chi connectivity index (χ3v) is 7.03. The monoisotopic (exact) mass is 481 g/mol. The van der Waals surface area contributed by atoms with Crippen LogP contribution in [0.1, 0.15) is 64.2 Å². The van der Waals surface area contributed by atoms with Gasteiger partial charge in [-0.05, 0) is 73.2 Å². The number of benzene rings is 3. The fraction of sp³-hybridized carbons (Fsp3) is 0.290. The summed E-state index contributed by atoms with van der Waals surface area (Å²) in [6, 6.07) is 21.0. The predicted octanol–water partition coefficient (Wildman–Crippen LogP) is 6.38. The van der Waals surface area contributed by atoms with E-state index in [1.54, 1.807) is 4.90 Å². The smallest absolute Gasteiger partial charge is 0.290 e. The van der Waals surface area contributed by atoms with Gasteiger partial charge in [0.05, 0.1) is 23.6 Å². The molecule has 0 saturated carbocycles. The summed E-state index contributed by atoms with van der Waals surface area (Å²) in [5.74, 6) is 0.688. The van der Waals surface area contributed by atoms with E-state index in [1.165, 1.54) is 0 Å². The van der Waals surface area contributed by atoms with Crippen LogP contribution in [0.4, 0.5) is 0 Å². The lowest BCUT2D eigenvalue weighted by Gasteiger charge is -2.25. The molecule has 0 fully saturated rings. The summed E-state index contributed by atoms with van der Waals surface area (Å²) in [7, 11) is 0. The Morgan fingerprint density at radius 1 is 0.944 bits per heavy atom. The van der Waals surface area contributed by atoms with E-state index in [-0.39, 0.29) is 17.1 Å². The van der Waals surface area contributed by atoms with Crippen LogP contribution in [0.5, 0.6) is 5.75 Å². The second kappa shape index (κ2) is 10.0. The molecule has 1 unspecified atom stereocenters. The predicted molar refractivity (Wildman–Crippen MR) is 142 cm³/mol. The van der Waals surface area contributed by atoms with Crippen LogP contribution in [0.15, 0.2) is 75.9 Å². The van der Waals surface area contributed by atoms with Crippen molar-refractivity contribution in [1.82, 2.24) is 4.90 Å².